The molecule has 0 bridgehead atoms. The maximum absolute atomic E-state index is 12.8. The monoisotopic (exact) mass is 169 g/mol. The molecule has 1 nitrogen and oxygen atoms in total. The minimum Gasteiger partial charge on any atom is -0.229 e. The number of allylic oxidation sites excluding steroid dienone is 1. The topological polar surface area (TPSA) is 12.4 Å². The normalized spacial score (nSPS) is 26.2. The third-order valence-electron chi connectivity index (χ3n) is 2.50. The molecule has 0 N–H and O–H groups in total. The number of hydrogen-bond donors (Lipinski definition) is 0. The summed E-state index contributed by atoms with van der Waals surface area (Å²) in [6.45, 7) is 6.32. The molecule has 1 aliphatic rings. The van der Waals surface area contributed by atoms with Gasteiger partial charge in [0, 0.05) is 5.71 Å². The Balaban J connectivity index is 2.78. The van der Waals surface area contributed by atoms with Crippen LogP contribution in [0.25, 0.3) is 0 Å². The molecule has 68 valence electrons. The van der Waals surface area contributed by atoms with Gasteiger partial charge in [-0.1, -0.05) is 20.8 Å². The van der Waals surface area contributed by atoms with Gasteiger partial charge in [-0.2, -0.15) is 4.39 Å². The van der Waals surface area contributed by atoms with Crippen molar-refractivity contribution < 1.29 is 4.39 Å². The summed E-state index contributed by atoms with van der Waals surface area (Å²) in [5, 5.41) is 0. The summed E-state index contributed by atoms with van der Waals surface area (Å²) < 4.78 is 12.8. The summed E-state index contributed by atoms with van der Waals surface area (Å²) in [5.41, 5.74) is 1.03. The Hall–Kier alpha value is -0.660. The maximum Gasteiger partial charge on any atom is 0.208 e. The lowest BCUT2D eigenvalue weighted by Crippen LogP contribution is -2.21. The first-order valence-electron chi connectivity index (χ1n) is 4.59. The van der Waals surface area contributed by atoms with Crippen molar-refractivity contribution in [3.05, 3.63) is 12.0 Å². The quantitative estimate of drug-likeness (QED) is 0.562. The second kappa shape index (κ2) is 3.83. The van der Waals surface area contributed by atoms with Crippen molar-refractivity contribution in [2.45, 2.75) is 33.6 Å². The van der Waals surface area contributed by atoms with E-state index in [1.807, 2.05) is 0 Å². The molecule has 0 saturated carbocycles. The molecular formula is C10H16FN. The van der Waals surface area contributed by atoms with E-state index in [-0.39, 0.29) is 5.95 Å². The van der Waals surface area contributed by atoms with Gasteiger partial charge < -0.3 is 0 Å². The number of rotatable bonds is 2. The Morgan fingerprint density at radius 1 is 1.75 bits per heavy atom. The predicted octanol–water partition coefficient (Wildman–Crippen LogP) is 3.32. The summed E-state index contributed by atoms with van der Waals surface area (Å²) in [4.78, 5) is 3.95. The van der Waals surface area contributed by atoms with Crippen LogP contribution in [-0.2, 0) is 0 Å². The molecule has 0 aliphatic carbocycles. The van der Waals surface area contributed by atoms with Crippen molar-refractivity contribution in [3.63, 3.8) is 0 Å². The molecule has 0 spiro atoms. The van der Waals surface area contributed by atoms with Crippen LogP contribution in [0.15, 0.2) is 17.0 Å². The fourth-order valence-electron chi connectivity index (χ4n) is 1.48. The summed E-state index contributed by atoms with van der Waals surface area (Å²) in [5.74, 6) is 0.530. The van der Waals surface area contributed by atoms with Gasteiger partial charge in [0.05, 0.1) is 0 Å². The van der Waals surface area contributed by atoms with Gasteiger partial charge in [-0.3, -0.25) is 0 Å². The minimum atomic E-state index is -0.302. The fraction of sp³-hybridized carbons (Fsp3) is 0.700. The van der Waals surface area contributed by atoms with E-state index in [9.17, 15) is 4.39 Å². The standard InChI is InChI=1S/C10H16FN/c1-4-7(2)10-8(3)5-6-9(11)12-10/h6-8H,4-5H2,1-3H3. The molecule has 1 heterocycles. The van der Waals surface area contributed by atoms with E-state index < -0.39 is 0 Å². The summed E-state index contributed by atoms with van der Waals surface area (Å²) in [6.07, 6.45) is 3.40. The smallest absolute Gasteiger partial charge is 0.208 e. The number of aliphatic imine (C=N–C) groups is 1. The minimum absolute atomic E-state index is 0.302. The van der Waals surface area contributed by atoms with E-state index >= 15 is 0 Å². The van der Waals surface area contributed by atoms with Crippen molar-refractivity contribution in [2.75, 3.05) is 0 Å². The summed E-state index contributed by atoms with van der Waals surface area (Å²) >= 11 is 0. The van der Waals surface area contributed by atoms with Crippen molar-refractivity contribution in [2.24, 2.45) is 16.8 Å². The molecule has 0 radical (unpaired) electrons. The molecule has 1 rings (SSSR count). The van der Waals surface area contributed by atoms with Crippen LogP contribution in [0.3, 0.4) is 0 Å². The van der Waals surface area contributed by atoms with Gasteiger partial charge >= 0.3 is 0 Å². The largest absolute Gasteiger partial charge is 0.229 e. The van der Waals surface area contributed by atoms with E-state index in [4.69, 9.17) is 0 Å². The first-order chi connectivity index (χ1) is 5.65. The average molecular weight is 169 g/mol. The van der Waals surface area contributed by atoms with E-state index in [0.29, 0.717) is 11.8 Å². The molecule has 0 fully saturated rings. The van der Waals surface area contributed by atoms with Gasteiger partial charge in [0.2, 0.25) is 5.95 Å². The Bertz CT molecular complexity index is 218. The summed E-state index contributed by atoms with van der Waals surface area (Å²) in [7, 11) is 0. The lowest BCUT2D eigenvalue weighted by atomic mass is 9.89. The van der Waals surface area contributed by atoms with Crippen molar-refractivity contribution >= 4 is 5.71 Å². The zero-order valence-corrected chi connectivity index (χ0v) is 7.97. The molecule has 12 heavy (non-hydrogen) atoms. The Labute approximate surface area is 73.4 Å². The van der Waals surface area contributed by atoms with Gasteiger partial charge in [0.25, 0.3) is 0 Å². The highest BCUT2D eigenvalue weighted by Gasteiger charge is 2.19. The van der Waals surface area contributed by atoms with Crippen LogP contribution in [-0.4, -0.2) is 5.71 Å². The van der Waals surface area contributed by atoms with Crippen LogP contribution in [0.4, 0.5) is 4.39 Å². The lowest BCUT2D eigenvalue weighted by Gasteiger charge is -2.21. The van der Waals surface area contributed by atoms with E-state index in [1.165, 1.54) is 0 Å². The van der Waals surface area contributed by atoms with Gasteiger partial charge in [0.15, 0.2) is 0 Å². The second-order valence-corrected chi connectivity index (χ2v) is 3.51. The maximum atomic E-state index is 12.8. The molecule has 0 saturated heterocycles. The fourth-order valence-corrected chi connectivity index (χ4v) is 1.48. The highest BCUT2D eigenvalue weighted by atomic mass is 19.1. The van der Waals surface area contributed by atoms with Gasteiger partial charge in [-0.15, -0.1) is 0 Å². The summed E-state index contributed by atoms with van der Waals surface area (Å²) in [6, 6.07) is 0. The Morgan fingerprint density at radius 2 is 2.42 bits per heavy atom. The third kappa shape index (κ3) is 1.93. The molecule has 0 aromatic carbocycles. The zero-order valence-electron chi connectivity index (χ0n) is 7.97. The second-order valence-electron chi connectivity index (χ2n) is 3.51. The lowest BCUT2D eigenvalue weighted by molar-refractivity contribution is 0.573. The van der Waals surface area contributed by atoms with Crippen molar-refractivity contribution in [1.29, 1.82) is 0 Å². The van der Waals surface area contributed by atoms with Crippen molar-refractivity contribution in [3.8, 4) is 0 Å². The highest BCUT2D eigenvalue weighted by Crippen LogP contribution is 2.23. The van der Waals surface area contributed by atoms with Gasteiger partial charge in [-0.05, 0) is 30.8 Å². The average Bonchev–Trinajstić information content (AvgIpc) is 2.08. The molecule has 2 heteroatoms. The number of nitrogens with zero attached hydrogens (tertiary/aromatic N) is 1. The zero-order chi connectivity index (χ0) is 9.14. The first kappa shape index (κ1) is 9.43. The first-order valence-corrected chi connectivity index (χ1v) is 4.59. The number of halogens is 1. The van der Waals surface area contributed by atoms with Crippen LogP contribution in [0.1, 0.15) is 33.6 Å². The third-order valence-corrected chi connectivity index (χ3v) is 2.50. The Kier molecular flexibility index (Phi) is 3.01. The van der Waals surface area contributed by atoms with Gasteiger partial charge in [0.1, 0.15) is 0 Å². The van der Waals surface area contributed by atoms with Crippen LogP contribution in [0, 0.1) is 11.8 Å². The van der Waals surface area contributed by atoms with Crippen LogP contribution in [0.2, 0.25) is 0 Å². The number of hydrogen-bond acceptors (Lipinski definition) is 1. The van der Waals surface area contributed by atoms with Crippen molar-refractivity contribution in [1.82, 2.24) is 0 Å². The van der Waals surface area contributed by atoms with E-state index in [1.54, 1.807) is 6.08 Å². The molecular weight excluding hydrogens is 153 g/mol. The van der Waals surface area contributed by atoms with Crippen LogP contribution < -0.4 is 0 Å². The SMILES string of the molecule is CCC(C)C1=NC(F)=CCC1C. The predicted molar refractivity (Wildman–Crippen MR) is 49.9 cm³/mol. The van der Waals surface area contributed by atoms with Crippen LogP contribution >= 0.6 is 0 Å². The molecule has 0 aromatic heterocycles. The molecule has 0 aromatic rings. The van der Waals surface area contributed by atoms with Crippen LogP contribution in [0.5, 0.6) is 0 Å². The highest BCUT2D eigenvalue weighted by molar-refractivity contribution is 5.89. The molecule has 2 unspecified atom stereocenters. The molecule has 2 atom stereocenters. The van der Waals surface area contributed by atoms with E-state index in [2.05, 4.69) is 25.8 Å². The van der Waals surface area contributed by atoms with Gasteiger partial charge in [-0.25, -0.2) is 4.99 Å². The van der Waals surface area contributed by atoms with E-state index in [0.717, 1.165) is 18.6 Å². The Morgan fingerprint density at radius 3 is 3.00 bits per heavy atom. The molecule has 1 aliphatic heterocycles. The molecule has 0 amide bonds.